The monoisotopic (exact) mass is 247 g/mol. The van der Waals surface area contributed by atoms with Gasteiger partial charge in [0.05, 0.1) is 0 Å². The summed E-state index contributed by atoms with van der Waals surface area (Å²) < 4.78 is 25.5. The third kappa shape index (κ3) is 2.53. The normalized spacial score (nSPS) is 10.2. The number of hydrogen-bond donors (Lipinski definition) is 0. The maximum absolute atomic E-state index is 12.8. The minimum atomic E-state index is -0.393. The molecule has 0 aromatic heterocycles. The molecule has 0 N–H and O–H groups in total. The quantitative estimate of drug-likeness (QED) is 0.797. The summed E-state index contributed by atoms with van der Waals surface area (Å²) in [6, 6.07) is 10.9. The highest BCUT2D eigenvalue weighted by Gasteiger charge is 2.13. The number of carbonyl (C=O) groups excluding carboxylic acids is 1. The van der Waals surface area contributed by atoms with E-state index in [1.165, 1.54) is 53.4 Å². The average molecular weight is 247 g/mol. The summed E-state index contributed by atoms with van der Waals surface area (Å²) in [5.41, 5.74) is 0.953. The molecule has 4 heteroatoms. The molecule has 0 aliphatic rings. The van der Waals surface area contributed by atoms with Gasteiger partial charge in [-0.25, -0.2) is 8.78 Å². The molecule has 0 unspecified atom stereocenters. The molecule has 0 atom stereocenters. The first-order valence-corrected chi connectivity index (χ1v) is 5.37. The molecule has 0 aliphatic heterocycles. The van der Waals surface area contributed by atoms with Crippen LogP contribution in [0.1, 0.15) is 10.4 Å². The van der Waals surface area contributed by atoms with Crippen LogP contribution in [0.3, 0.4) is 0 Å². The Balaban J connectivity index is 2.23. The average Bonchev–Trinajstić information content (AvgIpc) is 2.39. The Bertz CT molecular complexity index is 549. The van der Waals surface area contributed by atoms with E-state index in [1.807, 2.05) is 0 Å². The van der Waals surface area contributed by atoms with Gasteiger partial charge in [-0.1, -0.05) is 0 Å². The van der Waals surface area contributed by atoms with Gasteiger partial charge in [0, 0.05) is 18.3 Å². The van der Waals surface area contributed by atoms with E-state index >= 15 is 0 Å². The Morgan fingerprint density at radius 1 is 0.889 bits per heavy atom. The number of anilines is 1. The summed E-state index contributed by atoms with van der Waals surface area (Å²) in [5, 5.41) is 0. The maximum Gasteiger partial charge on any atom is 0.258 e. The highest BCUT2D eigenvalue weighted by molar-refractivity contribution is 6.05. The molecule has 18 heavy (non-hydrogen) atoms. The fraction of sp³-hybridized carbons (Fsp3) is 0.0714. The molecule has 92 valence electrons. The predicted molar refractivity (Wildman–Crippen MR) is 65.5 cm³/mol. The summed E-state index contributed by atoms with van der Waals surface area (Å²) in [7, 11) is 1.58. The number of rotatable bonds is 2. The van der Waals surface area contributed by atoms with E-state index in [9.17, 15) is 13.6 Å². The zero-order chi connectivity index (χ0) is 13.1. The van der Waals surface area contributed by atoms with Crippen molar-refractivity contribution in [3.05, 3.63) is 65.7 Å². The fourth-order valence-electron chi connectivity index (χ4n) is 1.57. The Hall–Kier alpha value is -2.23. The van der Waals surface area contributed by atoms with Crippen LogP contribution in [0.2, 0.25) is 0 Å². The maximum atomic E-state index is 12.8. The molecule has 2 aromatic carbocycles. The molecule has 0 bridgehead atoms. The molecule has 0 aliphatic carbocycles. The van der Waals surface area contributed by atoms with Gasteiger partial charge in [0.1, 0.15) is 11.6 Å². The summed E-state index contributed by atoms with van der Waals surface area (Å²) in [4.78, 5) is 13.4. The number of nitrogens with zero attached hydrogens (tertiary/aromatic N) is 1. The van der Waals surface area contributed by atoms with Crippen LogP contribution in [-0.4, -0.2) is 13.0 Å². The van der Waals surface area contributed by atoms with Gasteiger partial charge in [-0.15, -0.1) is 0 Å². The van der Waals surface area contributed by atoms with Crippen LogP contribution in [-0.2, 0) is 0 Å². The van der Waals surface area contributed by atoms with Gasteiger partial charge in [0.25, 0.3) is 5.91 Å². The third-order valence-corrected chi connectivity index (χ3v) is 2.61. The Labute approximate surface area is 103 Å². The molecule has 0 spiro atoms. The van der Waals surface area contributed by atoms with Crippen LogP contribution in [0, 0.1) is 11.6 Å². The predicted octanol–water partition coefficient (Wildman–Crippen LogP) is 3.24. The van der Waals surface area contributed by atoms with Crippen LogP contribution in [0.15, 0.2) is 48.5 Å². The van der Waals surface area contributed by atoms with Crippen LogP contribution in [0.25, 0.3) is 0 Å². The molecule has 0 radical (unpaired) electrons. The van der Waals surface area contributed by atoms with Crippen LogP contribution in [0.5, 0.6) is 0 Å². The van der Waals surface area contributed by atoms with E-state index in [2.05, 4.69) is 0 Å². The van der Waals surface area contributed by atoms with Gasteiger partial charge < -0.3 is 4.90 Å². The van der Waals surface area contributed by atoms with Crippen LogP contribution in [0.4, 0.5) is 14.5 Å². The Kier molecular flexibility index (Phi) is 3.37. The second kappa shape index (κ2) is 4.96. The lowest BCUT2D eigenvalue weighted by Gasteiger charge is -2.17. The van der Waals surface area contributed by atoms with Crippen molar-refractivity contribution in [2.45, 2.75) is 0 Å². The second-order valence-electron chi connectivity index (χ2n) is 3.85. The molecule has 0 fully saturated rings. The molecule has 2 nitrogen and oxygen atoms in total. The molecule has 2 rings (SSSR count). The van der Waals surface area contributed by atoms with Crippen LogP contribution < -0.4 is 4.90 Å². The molecular formula is C14H11F2NO. The van der Waals surface area contributed by atoms with Crippen molar-refractivity contribution >= 4 is 11.6 Å². The summed E-state index contributed by atoms with van der Waals surface area (Å²) in [6.07, 6.45) is 0. The van der Waals surface area contributed by atoms with Gasteiger partial charge >= 0.3 is 0 Å². The van der Waals surface area contributed by atoms with E-state index in [0.29, 0.717) is 11.3 Å². The number of amides is 1. The summed E-state index contributed by atoms with van der Waals surface area (Å²) in [6.45, 7) is 0. The first kappa shape index (κ1) is 12.2. The second-order valence-corrected chi connectivity index (χ2v) is 3.85. The lowest BCUT2D eigenvalue weighted by molar-refractivity contribution is 0.0993. The lowest BCUT2D eigenvalue weighted by Crippen LogP contribution is -2.26. The van der Waals surface area contributed by atoms with Crippen molar-refractivity contribution in [1.82, 2.24) is 0 Å². The molecule has 0 saturated heterocycles. The first-order valence-electron chi connectivity index (χ1n) is 5.37. The summed E-state index contributed by atoms with van der Waals surface area (Å²) >= 11 is 0. The highest BCUT2D eigenvalue weighted by Crippen LogP contribution is 2.16. The van der Waals surface area contributed by atoms with Crippen molar-refractivity contribution in [1.29, 1.82) is 0 Å². The van der Waals surface area contributed by atoms with Crippen molar-refractivity contribution < 1.29 is 13.6 Å². The highest BCUT2D eigenvalue weighted by atomic mass is 19.1. The minimum Gasteiger partial charge on any atom is -0.311 e. The SMILES string of the molecule is CN(C(=O)c1ccc(F)cc1)c1ccc(F)cc1. The fourth-order valence-corrected chi connectivity index (χ4v) is 1.57. The van der Waals surface area contributed by atoms with Gasteiger partial charge in [0.2, 0.25) is 0 Å². The minimum absolute atomic E-state index is 0.276. The molecule has 2 aromatic rings. The van der Waals surface area contributed by atoms with Gasteiger partial charge in [-0.05, 0) is 48.5 Å². The Morgan fingerprint density at radius 3 is 1.83 bits per heavy atom. The molecule has 0 heterocycles. The standard InChI is InChI=1S/C14H11F2NO/c1-17(13-8-6-12(16)7-9-13)14(18)10-2-4-11(15)5-3-10/h2-9H,1H3. The number of hydrogen-bond acceptors (Lipinski definition) is 1. The largest absolute Gasteiger partial charge is 0.311 e. The van der Waals surface area contributed by atoms with Gasteiger partial charge in [-0.2, -0.15) is 0 Å². The van der Waals surface area contributed by atoms with Gasteiger partial charge in [0.15, 0.2) is 0 Å². The zero-order valence-electron chi connectivity index (χ0n) is 9.73. The first-order chi connectivity index (χ1) is 8.58. The van der Waals surface area contributed by atoms with E-state index < -0.39 is 5.82 Å². The van der Waals surface area contributed by atoms with Gasteiger partial charge in [-0.3, -0.25) is 4.79 Å². The Morgan fingerprint density at radius 2 is 1.33 bits per heavy atom. The molecular weight excluding hydrogens is 236 g/mol. The number of halogens is 2. The van der Waals surface area contributed by atoms with Crippen molar-refractivity contribution in [2.75, 3.05) is 11.9 Å². The number of benzene rings is 2. The molecule has 0 saturated carbocycles. The van der Waals surface area contributed by atoms with E-state index in [0.717, 1.165) is 0 Å². The number of carbonyl (C=O) groups is 1. The van der Waals surface area contributed by atoms with E-state index in [1.54, 1.807) is 7.05 Å². The lowest BCUT2D eigenvalue weighted by atomic mass is 10.2. The zero-order valence-corrected chi connectivity index (χ0v) is 9.73. The third-order valence-electron chi connectivity index (χ3n) is 2.61. The smallest absolute Gasteiger partial charge is 0.258 e. The van der Waals surface area contributed by atoms with Crippen molar-refractivity contribution in [3.8, 4) is 0 Å². The molecule has 1 amide bonds. The topological polar surface area (TPSA) is 20.3 Å². The van der Waals surface area contributed by atoms with Crippen LogP contribution >= 0.6 is 0 Å². The summed E-state index contributed by atoms with van der Waals surface area (Å²) in [5.74, 6) is -1.03. The van der Waals surface area contributed by atoms with Crippen molar-refractivity contribution in [2.24, 2.45) is 0 Å². The van der Waals surface area contributed by atoms with E-state index in [-0.39, 0.29) is 11.7 Å². The van der Waals surface area contributed by atoms with E-state index in [4.69, 9.17) is 0 Å². The van der Waals surface area contributed by atoms with Crippen molar-refractivity contribution in [3.63, 3.8) is 0 Å².